The molecule has 1 N–H and O–H groups in total. The van der Waals surface area contributed by atoms with Gasteiger partial charge in [-0.2, -0.15) is 0 Å². The van der Waals surface area contributed by atoms with Gasteiger partial charge in [0.2, 0.25) is 0 Å². The average molecular weight is 226 g/mol. The summed E-state index contributed by atoms with van der Waals surface area (Å²) in [6, 6.07) is 4.88. The van der Waals surface area contributed by atoms with Gasteiger partial charge in [0.15, 0.2) is 0 Å². The van der Waals surface area contributed by atoms with Crippen LogP contribution in [0.15, 0.2) is 23.1 Å². The summed E-state index contributed by atoms with van der Waals surface area (Å²) in [7, 11) is 0. The van der Waals surface area contributed by atoms with Gasteiger partial charge in [0, 0.05) is 16.1 Å². The summed E-state index contributed by atoms with van der Waals surface area (Å²) in [4.78, 5) is 11.3. The molecule has 2 nitrogen and oxygen atoms in total. The van der Waals surface area contributed by atoms with Gasteiger partial charge in [0.25, 0.3) is 0 Å². The van der Waals surface area contributed by atoms with Crippen molar-refractivity contribution in [2.75, 3.05) is 0 Å². The summed E-state index contributed by atoms with van der Waals surface area (Å²) >= 11 is 1.43. The van der Waals surface area contributed by atoms with E-state index >= 15 is 0 Å². The van der Waals surface area contributed by atoms with Gasteiger partial charge in [-0.25, -0.2) is 4.39 Å². The van der Waals surface area contributed by atoms with Crippen LogP contribution in [0.4, 0.5) is 4.39 Å². The van der Waals surface area contributed by atoms with Crippen molar-refractivity contribution >= 4 is 17.7 Å². The van der Waals surface area contributed by atoms with Crippen LogP contribution in [0, 0.1) is 5.82 Å². The molecule has 15 heavy (non-hydrogen) atoms. The number of fused-ring (bicyclic) bond motifs is 1. The molecule has 0 saturated heterocycles. The minimum absolute atomic E-state index is 0.0711. The Labute approximate surface area is 91.5 Å². The summed E-state index contributed by atoms with van der Waals surface area (Å²) in [6.45, 7) is 1.94. The van der Waals surface area contributed by atoms with E-state index < -0.39 is 5.97 Å². The standard InChI is InChI=1S/C11H11FO2S/c1-6-8(5-10(13)14)7-3-2-4-9(12)11(7)15-6/h2-4,6,8H,5H2,1H3,(H,13,14). The fourth-order valence-electron chi connectivity index (χ4n) is 1.93. The number of carboxylic acid groups (broad SMARTS) is 1. The van der Waals surface area contributed by atoms with E-state index in [4.69, 9.17) is 5.11 Å². The molecular weight excluding hydrogens is 215 g/mol. The molecule has 2 rings (SSSR count). The Kier molecular flexibility index (Phi) is 2.69. The predicted octanol–water partition coefficient (Wildman–Crippen LogP) is 2.88. The Morgan fingerprint density at radius 3 is 3.00 bits per heavy atom. The first-order valence-corrected chi connectivity index (χ1v) is 5.64. The molecule has 1 heterocycles. The van der Waals surface area contributed by atoms with Crippen LogP contribution < -0.4 is 0 Å². The van der Waals surface area contributed by atoms with E-state index in [9.17, 15) is 9.18 Å². The Hall–Kier alpha value is -1.03. The normalized spacial score (nSPS) is 23.9. The van der Waals surface area contributed by atoms with E-state index in [0.29, 0.717) is 4.90 Å². The molecule has 4 heteroatoms. The first-order valence-electron chi connectivity index (χ1n) is 4.76. The number of thioether (sulfide) groups is 1. The van der Waals surface area contributed by atoms with E-state index in [1.807, 2.05) is 13.0 Å². The zero-order chi connectivity index (χ0) is 11.0. The van der Waals surface area contributed by atoms with Crippen LogP contribution in [0.3, 0.4) is 0 Å². The van der Waals surface area contributed by atoms with Crippen LogP contribution in [0.1, 0.15) is 24.8 Å². The molecule has 0 aromatic heterocycles. The maximum absolute atomic E-state index is 13.4. The molecule has 0 amide bonds. The average Bonchev–Trinajstić information content (AvgIpc) is 2.45. The summed E-state index contributed by atoms with van der Waals surface area (Å²) in [6.07, 6.45) is 0.0740. The summed E-state index contributed by atoms with van der Waals surface area (Å²) in [5, 5.41) is 8.92. The van der Waals surface area contributed by atoms with Gasteiger partial charge in [-0.15, -0.1) is 11.8 Å². The van der Waals surface area contributed by atoms with Gasteiger partial charge >= 0.3 is 5.97 Å². The van der Waals surface area contributed by atoms with Gasteiger partial charge in [0.05, 0.1) is 6.42 Å². The maximum Gasteiger partial charge on any atom is 0.304 e. The van der Waals surface area contributed by atoms with E-state index in [1.165, 1.54) is 17.8 Å². The minimum atomic E-state index is -0.829. The van der Waals surface area contributed by atoms with E-state index in [2.05, 4.69) is 0 Å². The topological polar surface area (TPSA) is 37.3 Å². The van der Waals surface area contributed by atoms with Crippen molar-refractivity contribution in [3.63, 3.8) is 0 Å². The molecule has 0 radical (unpaired) electrons. The number of carbonyl (C=O) groups is 1. The third-order valence-electron chi connectivity index (χ3n) is 2.66. The highest BCUT2D eigenvalue weighted by Gasteiger charge is 2.33. The van der Waals surface area contributed by atoms with Crippen molar-refractivity contribution in [2.24, 2.45) is 0 Å². The summed E-state index contributed by atoms with van der Waals surface area (Å²) in [5.74, 6) is -1.14. The molecule has 0 spiro atoms. The van der Waals surface area contributed by atoms with Crippen molar-refractivity contribution in [1.82, 2.24) is 0 Å². The van der Waals surface area contributed by atoms with Crippen LogP contribution in [0.25, 0.3) is 0 Å². The maximum atomic E-state index is 13.4. The van der Waals surface area contributed by atoms with Gasteiger partial charge in [0.1, 0.15) is 5.82 Å². The van der Waals surface area contributed by atoms with Crippen molar-refractivity contribution < 1.29 is 14.3 Å². The number of hydrogen-bond acceptors (Lipinski definition) is 2. The van der Waals surface area contributed by atoms with Crippen LogP contribution in [0.2, 0.25) is 0 Å². The number of rotatable bonds is 2. The number of hydrogen-bond donors (Lipinski definition) is 1. The number of benzene rings is 1. The summed E-state index contributed by atoms with van der Waals surface area (Å²) < 4.78 is 13.4. The van der Waals surface area contributed by atoms with Crippen LogP contribution >= 0.6 is 11.8 Å². The number of halogens is 1. The first kappa shape index (κ1) is 10.5. The molecule has 1 aromatic rings. The van der Waals surface area contributed by atoms with Crippen molar-refractivity contribution in [2.45, 2.75) is 29.4 Å². The summed E-state index contributed by atoms with van der Waals surface area (Å²) in [5.41, 5.74) is 0.843. The molecule has 1 aliphatic rings. The van der Waals surface area contributed by atoms with Crippen molar-refractivity contribution in [3.8, 4) is 0 Å². The van der Waals surface area contributed by atoms with Gasteiger partial charge in [-0.3, -0.25) is 4.79 Å². The van der Waals surface area contributed by atoms with E-state index in [0.717, 1.165) is 5.56 Å². The quantitative estimate of drug-likeness (QED) is 0.842. The molecular formula is C11H11FO2S. The lowest BCUT2D eigenvalue weighted by molar-refractivity contribution is -0.137. The molecule has 1 aromatic carbocycles. The lowest BCUT2D eigenvalue weighted by Gasteiger charge is -2.12. The Morgan fingerprint density at radius 1 is 1.60 bits per heavy atom. The molecule has 0 fully saturated rings. The lowest BCUT2D eigenvalue weighted by Crippen LogP contribution is -2.11. The number of carboxylic acids is 1. The Balaban J connectivity index is 2.37. The first-order chi connectivity index (χ1) is 7.09. The molecule has 0 aliphatic carbocycles. The largest absolute Gasteiger partial charge is 0.481 e. The SMILES string of the molecule is CC1Sc2c(F)cccc2C1CC(=O)O. The van der Waals surface area contributed by atoms with Gasteiger partial charge < -0.3 is 5.11 Å². The highest BCUT2D eigenvalue weighted by molar-refractivity contribution is 8.00. The Bertz CT molecular complexity index is 406. The smallest absolute Gasteiger partial charge is 0.304 e. The molecule has 2 unspecified atom stereocenters. The molecule has 0 bridgehead atoms. The second-order valence-electron chi connectivity index (χ2n) is 3.69. The van der Waals surface area contributed by atoms with Crippen molar-refractivity contribution in [3.05, 3.63) is 29.6 Å². The second-order valence-corrected chi connectivity index (χ2v) is 5.07. The van der Waals surface area contributed by atoms with Gasteiger partial charge in [-0.1, -0.05) is 19.1 Å². The third-order valence-corrected chi connectivity index (χ3v) is 4.03. The van der Waals surface area contributed by atoms with Gasteiger partial charge in [-0.05, 0) is 11.6 Å². The molecule has 1 aliphatic heterocycles. The fraction of sp³-hybridized carbons (Fsp3) is 0.364. The molecule has 0 saturated carbocycles. The minimum Gasteiger partial charge on any atom is -0.481 e. The van der Waals surface area contributed by atoms with Crippen LogP contribution in [-0.2, 0) is 4.79 Å². The van der Waals surface area contributed by atoms with Crippen LogP contribution in [-0.4, -0.2) is 16.3 Å². The highest BCUT2D eigenvalue weighted by atomic mass is 32.2. The van der Waals surface area contributed by atoms with Crippen molar-refractivity contribution in [1.29, 1.82) is 0 Å². The Morgan fingerprint density at radius 2 is 2.33 bits per heavy atom. The monoisotopic (exact) mass is 226 g/mol. The fourth-order valence-corrected chi connectivity index (χ4v) is 3.24. The van der Waals surface area contributed by atoms with E-state index in [1.54, 1.807) is 6.07 Å². The molecule has 2 atom stereocenters. The third kappa shape index (κ3) is 1.86. The van der Waals surface area contributed by atoms with E-state index in [-0.39, 0.29) is 23.4 Å². The zero-order valence-corrected chi connectivity index (χ0v) is 9.05. The number of aliphatic carboxylic acids is 1. The lowest BCUT2D eigenvalue weighted by atomic mass is 9.93. The molecule has 80 valence electrons. The highest BCUT2D eigenvalue weighted by Crippen LogP contribution is 2.47. The van der Waals surface area contributed by atoms with Crippen LogP contribution in [0.5, 0.6) is 0 Å². The second kappa shape index (κ2) is 3.85. The predicted molar refractivity (Wildman–Crippen MR) is 56.7 cm³/mol. The zero-order valence-electron chi connectivity index (χ0n) is 8.24.